The molecule has 11 heteroatoms. The van der Waals surface area contributed by atoms with Gasteiger partial charge in [-0.15, -0.1) is 11.3 Å². The summed E-state index contributed by atoms with van der Waals surface area (Å²) in [5.74, 6) is -0.503. The second-order valence-electron chi connectivity index (χ2n) is 6.31. The van der Waals surface area contributed by atoms with Crippen LogP contribution in [-0.4, -0.2) is 36.2 Å². The van der Waals surface area contributed by atoms with Crippen molar-refractivity contribution in [2.75, 3.05) is 13.2 Å². The van der Waals surface area contributed by atoms with E-state index in [1.807, 2.05) is 0 Å². The maximum atomic E-state index is 12.2. The summed E-state index contributed by atoms with van der Waals surface area (Å²) in [6.07, 6.45) is 1.37. The zero-order chi connectivity index (χ0) is 23.6. The normalized spacial score (nSPS) is 10.6. The van der Waals surface area contributed by atoms with E-state index in [0.717, 1.165) is 0 Å². The highest BCUT2D eigenvalue weighted by molar-refractivity contribution is 7.12. The number of rotatable bonds is 10. The van der Waals surface area contributed by atoms with Gasteiger partial charge in [-0.3, -0.25) is 14.9 Å². The molecule has 0 unspecified atom stereocenters. The van der Waals surface area contributed by atoms with Crippen molar-refractivity contribution in [3.8, 4) is 17.2 Å². The van der Waals surface area contributed by atoms with Crippen molar-refractivity contribution in [2.24, 2.45) is 5.10 Å². The molecule has 2 aromatic carbocycles. The Morgan fingerprint density at radius 3 is 2.64 bits per heavy atom. The molecule has 0 aliphatic rings. The highest BCUT2D eigenvalue weighted by Crippen LogP contribution is 2.29. The van der Waals surface area contributed by atoms with Gasteiger partial charge in [0.05, 0.1) is 17.7 Å². The smallest absolute Gasteiger partial charge is 0.353 e. The van der Waals surface area contributed by atoms with Gasteiger partial charge in [0.15, 0.2) is 23.9 Å². The Kier molecular flexibility index (Phi) is 8.08. The summed E-state index contributed by atoms with van der Waals surface area (Å²) in [6, 6.07) is 14.0. The number of nitro groups is 1. The third kappa shape index (κ3) is 6.61. The zero-order valence-corrected chi connectivity index (χ0v) is 18.2. The van der Waals surface area contributed by atoms with Crippen molar-refractivity contribution in [3.63, 3.8) is 0 Å². The first-order chi connectivity index (χ1) is 16.0. The van der Waals surface area contributed by atoms with Crippen LogP contribution in [0.15, 0.2) is 65.1 Å². The van der Waals surface area contributed by atoms with Gasteiger partial charge in [-0.2, -0.15) is 5.10 Å². The fourth-order valence-electron chi connectivity index (χ4n) is 2.59. The monoisotopic (exact) mass is 469 g/mol. The van der Waals surface area contributed by atoms with E-state index >= 15 is 0 Å². The third-order valence-corrected chi connectivity index (χ3v) is 4.87. The van der Waals surface area contributed by atoms with Gasteiger partial charge in [0.2, 0.25) is 0 Å². The van der Waals surface area contributed by atoms with Crippen molar-refractivity contribution in [1.29, 1.82) is 0 Å². The van der Waals surface area contributed by atoms with Crippen LogP contribution in [-0.2, 0) is 4.79 Å². The van der Waals surface area contributed by atoms with E-state index in [4.69, 9.17) is 14.2 Å². The maximum absolute atomic E-state index is 12.2. The van der Waals surface area contributed by atoms with Gasteiger partial charge in [-0.1, -0.05) is 18.2 Å². The fourth-order valence-corrected chi connectivity index (χ4v) is 3.19. The fraction of sp³-hybridized carbons (Fsp3) is 0.136. The molecule has 0 bridgehead atoms. The summed E-state index contributed by atoms with van der Waals surface area (Å²) in [4.78, 5) is 35.0. The first kappa shape index (κ1) is 23.4. The number of hydrogen-bond donors (Lipinski definition) is 1. The summed E-state index contributed by atoms with van der Waals surface area (Å²) in [5.41, 5.74) is 2.62. The molecule has 0 aliphatic carbocycles. The number of carbonyl (C=O) groups is 2. The lowest BCUT2D eigenvalue weighted by Gasteiger charge is -2.10. The average Bonchev–Trinajstić information content (AvgIpc) is 3.35. The van der Waals surface area contributed by atoms with E-state index in [9.17, 15) is 19.7 Å². The molecule has 33 heavy (non-hydrogen) atoms. The second kappa shape index (κ2) is 11.4. The lowest BCUT2D eigenvalue weighted by atomic mass is 10.2. The van der Waals surface area contributed by atoms with E-state index in [1.165, 1.54) is 35.8 Å². The number of hydrazone groups is 1. The summed E-state index contributed by atoms with van der Waals surface area (Å²) >= 11 is 1.27. The van der Waals surface area contributed by atoms with Gasteiger partial charge in [-0.25, -0.2) is 10.2 Å². The number of thiophene rings is 1. The predicted octanol–water partition coefficient (Wildman–Crippen LogP) is 3.80. The van der Waals surface area contributed by atoms with Crippen LogP contribution >= 0.6 is 11.3 Å². The summed E-state index contributed by atoms with van der Waals surface area (Å²) in [6.45, 7) is 1.69. The molecule has 0 radical (unpaired) electrons. The molecule has 3 rings (SSSR count). The van der Waals surface area contributed by atoms with Gasteiger partial charge in [-0.05, 0) is 48.2 Å². The van der Waals surface area contributed by atoms with Crippen LogP contribution in [0.25, 0.3) is 0 Å². The number of amides is 1. The topological polar surface area (TPSA) is 129 Å². The van der Waals surface area contributed by atoms with E-state index in [2.05, 4.69) is 10.5 Å². The maximum Gasteiger partial charge on any atom is 0.353 e. The van der Waals surface area contributed by atoms with Crippen molar-refractivity contribution in [1.82, 2.24) is 5.43 Å². The molecule has 0 saturated carbocycles. The number of nitrogens with zero attached hydrogens (tertiary/aromatic N) is 2. The largest absolute Gasteiger partial charge is 0.490 e. The minimum absolute atomic E-state index is 0.0179. The first-order valence-corrected chi connectivity index (χ1v) is 10.6. The molecule has 0 saturated heterocycles. The molecule has 1 N–H and O–H groups in total. The lowest BCUT2D eigenvalue weighted by molar-refractivity contribution is -0.385. The minimum atomic E-state index is -0.601. The molecule has 170 valence electrons. The van der Waals surface area contributed by atoms with Gasteiger partial charge in [0.1, 0.15) is 4.88 Å². The van der Waals surface area contributed by atoms with Gasteiger partial charge >= 0.3 is 11.7 Å². The molecule has 1 amide bonds. The van der Waals surface area contributed by atoms with Crippen LogP contribution in [0.1, 0.15) is 22.2 Å². The Balaban J connectivity index is 1.59. The zero-order valence-electron chi connectivity index (χ0n) is 17.4. The van der Waals surface area contributed by atoms with E-state index in [1.54, 1.807) is 48.7 Å². The number of para-hydroxylation sites is 2. The highest BCUT2D eigenvalue weighted by atomic mass is 32.1. The lowest BCUT2D eigenvalue weighted by Crippen LogP contribution is -2.24. The number of esters is 1. The van der Waals surface area contributed by atoms with Crippen LogP contribution in [0.2, 0.25) is 0 Å². The molecule has 1 heterocycles. The van der Waals surface area contributed by atoms with Crippen molar-refractivity contribution < 1.29 is 28.7 Å². The summed E-state index contributed by atoms with van der Waals surface area (Å²) < 4.78 is 16.2. The summed E-state index contributed by atoms with van der Waals surface area (Å²) in [7, 11) is 0. The third-order valence-electron chi connectivity index (χ3n) is 4.02. The quantitative estimate of drug-likeness (QED) is 0.157. The molecule has 3 aromatic rings. The van der Waals surface area contributed by atoms with Gasteiger partial charge < -0.3 is 14.2 Å². The standard InChI is InChI=1S/C22H19N3O7S/c1-2-30-19-12-15(9-10-18(19)32-22(27)20-8-5-11-33-20)13-23-24-21(26)14-31-17-7-4-3-6-16(17)25(28)29/h3-13H,2,14H2,1H3,(H,24,26)/b23-13+. The van der Waals surface area contributed by atoms with Crippen molar-refractivity contribution >= 4 is 35.1 Å². The second-order valence-corrected chi connectivity index (χ2v) is 7.26. The van der Waals surface area contributed by atoms with Crippen molar-refractivity contribution in [3.05, 3.63) is 80.5 Å². The average molecular weight is 469 g/mol. The molecule has 0 atom stereocenters. The number of ether oxygens (including phenoxy) is 3. The van der Waals surface area contributed by atoms with Crippen molar-refractivity contribution in [2.45, 2.75) is 6.92 Å². The van der Waals surface area contributed by atoms with E-state index in [0.29, 0.717) is 22.8 Å². The molecule has 0 spiro atoms. The predicted molar refractivity (Wildman–Crippen MR) is 121 cm³/mol. The minimum Gasteiger partial charge on any atom is -0.490 e. The van der Waals surface area contributed by atoms with Gasteiger partial charge in [0, 0.05) is 6.07 Å². The Hall–Kier alpha value is -4.25. The Labute approximate surface area is 192 Å². The van der Waals surface area contributed by atoms with E-state index < -0.39 is 23.4 Å². The Bertz CT molecular complexity index is 1160. The van der Waals surface area contributed by atoms with Crippen LogP contribution in [0.3, 0.4) is 0 Å². The number of hydrogen-bond acceptors (Lipinski definition) is 9. The SMILES string of the molecule is CCOc1cc(/C=N/NC(=O)COc2ccccc2[N+](=O)[O-])ccc1OC(=O)c1cccs1. The molecule has 1 aromatic heterocycles. The molecular weight excluding hydrogens is 450 g/mol. The number of carbonyl (C=O) groups excluding carboxylic acids is 2. The van der Waals surface area contributed by atoms with Crippen LogP contribution in [0, 0.1) is 10.1 Å². The van der Waals surface area contributed by atoms with Crippen LogP contribution in [0.5, 0.6) is 17.2 Å². The number of benzene rings is 2. The van der Waals surface area contributed by atoms with E-state index in [-0.39, 0.29) is 17.2 Å². The molecule has 10 nitrogen and oxygen atoms in total. The van der Waals surface area contributed by atoms with Crippen LogP contribution in [0.4, 0.5) is 5.69 Å². The van der Waals surface area contributed by atoms with Crippen LogP contribution < -0.4 is 19.6 Å². The molecule has 0 aliphatic heterocycles. The van der Waals surface area contributed by atoms with Gasteiger partial charge in [0.25, 0.3) is 5.91 Å². The summed E-state index contributed by atoms with van der Waals surface area (Å²) in [5, 5.41) is 16.6. The molecule has 0 fully saturated rings. The molecular formula is C22H19N3O7S. The first-order valence-electron chi connectivity index (χ1n) is 9.68. The number of nitro benzene ring substituents is 1. The Morgan fingerprint density at radius 1 is 1.09 bits per heavy atom. The Morgan fingerprint density at radius 2 is 1.91 bits per heavy atom. The highest BCUT2D eigenvalue weighted by Gasteiger charge is 2.15. The number of nitrogens with one attached hydrogen (secondary N) is 1.